The van der Waals surface area contributed by atoms with Gasteiger partial charge in [0.2, 0.25) is 5.91 Å². The highest BCUT2D eigenvalue weighted by Crippen LogP contribution is 2.22. The zero-order valence-electron chi connectivity index (χ0n) is 13.2. The first-order valence-electron chi connectivity index (χ1n) is 7.90. The first-order chi connectivity index (χ1) is 11.5. The molecule has 0 atom stereocenters. The van der Waals surface area contributed by atoms with Crippen LogP contribution in [0.3, 0.4) is 0 Å². The number of carboxylic acids is 1. The summed E-state index contributed by atoms with van der Waals surface area (Å²) in [6.07, 6.45) is 1.94. The van der Waals surface area contributed by atoms with Crippen LogP contribution < -0.4 is 0 Å². The van der Waals surface area contributed by atoms with Crippen molar-refractivity contribution < 1.29 is 14.7 Å². The number of carboxylic acid groups (broad SMARTS) is 1. The van der Waals surface area contributed by atoms with Gasteiger partial charge >= 0.3 is 5.97 Å². The fourth-order valence-corrected chi connectivity index (χ4v) is 3.45. The molecule has 1 heterocycles. The van der Waals surface area contributed by atoms with E-state index in [1.807, 2.05) is 35.2 Å². The quantitative estimate of drug-likeness (QED) is 0.870. The lowest BCUT2D eigenvalue weighted by molar-refractivity contribution is -0.132. The minimum absolute atomic E-state index is 0.112. The van der Waals surface area contributed by atoms with Gasteiger partial charge < -0.3 is 10.0 Å². The Bertz CT molecular complexity index is 788. The Hall–Kier alpha value is -2.14. The molecule has 0 unspecified atom stereocenters. The van der Waals surface area contributed by atoms with E-state index in [-0.39, 0.29) is 11.5 Å². The van der Waals surface area contributed by atoms with Gasteiger partial charge in [-0.3, -0.25) is 4.79 Å². The second-order valence-corrected chi connectivity index (χ2v) is 6.90. The lowest BCUT2D eigenvalue weighted by Gasteiger charge is -2.29. The molecule has 1 aliphatic rings. The molecule has 5 heteroatoms. The predicted molar refractivity (Wildman–Crippen MR) is 95.0 cm³/mol. The summed E-state index contributed by atoms with van der Waals surface area (Å²) < 4.78 is 1.01. The summed E-state index contributed by atoms with van der Waals surface area (Å²) in [5.41, 5.74) is 3.48. The molecule has 0 saturated carbocycles. The number of hydrogen-bond donors (Lipinski definition) is 1. The second kappa shape index (κ2) is 7.18. The van der Waals surface area contributed by atoms with E-state index in [0.717, 1.165) is 27.6 Å². The molecule has 1 N–H and O–H groups in total. The summed E-state index contributed by atoms with van der Waals surface area (Å²) in [4.78, 5) is 25.4. The number of aryl methyl sites for hydroxylation is 1. The maximum atomic E-state index is 12.5. The monoisotopic (exact) mass is 387 g/mol. The van der Waals surface area contributed by atoms with Crippen LogP contribution in [0.2, 0.25) is 0 Å². The van der Waals surface area contributed by atoms with E-state index in [1.165, 1.54) is 0 Å². The fraction of sp³-hybridized carbons (Fsp3) is 0.263. The van der Waals surface area contributed by atoms with Crippen LogP contribution in [0, 0.1) is 0 Å². The van der Waals surface area contributed by atoms with Crippen molar-refractivity contribution in [1.82, 2.24) is 4.90 Å². The standard InChI is InChI=1S/C19H18BrNO3/c20-17-3-1-2-13(10-17)4-7-18(22)21-9-8-14-5-6-15(19(23)24)11-16(14)12-21/h1-3,5-6,10-11H,4,7-9,12H2,(H,23,24). The summed E-state index contributed by atoms with van der Waals surface area (Å²) in [5.74, 6) is -0.822. The Morgan fingerprint density at radius 3 is 2.71 bits per heavy atom. The molecule has 0 radical (unpaired) electrons. The maximum absolute atomic E-state index is 12.5. The minimum atomic E-state index is -0.934. The molecule has 0 saturated heterocycles. The molecule has 1 aliphatic heterocycles. The molecule has 1 amide bonds. The number of carbonyl (C=O) groups excluding carboxylic acids is 1. The van der Waals surface area contributed by atoms with Crippen molar-refractivity contribution in [2.75, 3.05) is 6.54 Å². The van der Waals surface area contributed by atoms with E-state index in [0.29, 0.717) is 25.9 Å². The molecule has 124 valence electrons. The lowest BCUT2D eigenvalue weighted by Crippen LogP contribution is -2.36. The fourth-order valence-electron chi connectivity index (χ4n) is 3.00. The summed E-state index contributed by atoms with van der Waals surface area (Å²) in [7, 11) is 0. The van der Waals surface area contributed by atoms with Gasteiger partial charge in [-0.1, -0.05) is 34.1 Å². The third-order valence-electron chi connectivity index (χ3n) is 4.33. The van der Waals surface area contributed by atoms with Gasteiger partial charge in [0.25, 0.3) is 0 Å². The maximum Gasteiger partial charge on any atom is 0.335 e. The Morgan fingerprint density at radius 2 is 1.96 bits per heavy atom. The third kappa shape index (κ3) is 3.85. The summed E-state index contributed by atoms with van der Waals surface area (Å²) in [5, 5.41) is 9.11. The van der Waals surface area contributed by atoms with Crippen LogP contribution in [0.15, 0.2) is 46.9 Å². The van der Waals surface area contributed by atoms with E-state index in [1.54, 1.807) is 12.1 Å². The number of fused-ring (bicyclic) bond motifs is 1. The number of nitrogens with zero attached hydrogens (tertiary/aromatic N) is 1. The number of amides is 1. The lowest BCUT2D eigenvalue weighted by atomic mass is 9.97. The average Bonchev–Trinajstić information content (AvgIpc) is 2.58. The second-order valence-electron chi connectivity index (χ2n) is 5.98. The molecule has 2 aromatic rings. The number of aromatic carboxylic acids is 1. The van der Waals surface area contributed by atoms with Crippen molar-refractivity contribution in [2.24, 2.45) is 0 Å². The highest BCUT2D eigenvalue weighted by Gasteiger charge is 2.21. The predicted octanol–water partition coefficient (Wildman–Crippen LogP) is 3.66. The summed E-state index contributed by atoms with van der Waals surface area (Å²) >= 11 is 3.44. The van der Waals surface area contributed by atoms with Crippen LogP contribution in [0.25, 0.3) is 0 Å². The van der Waals surface area contributed by atoms with Gasteiger partial charge in [0.05, 0.1) is 5.56 Å². The van der Waals surface area contributed by atoms with Gasteiger partial charge in [0, 0.05) is 24.0 Å². The van der Waals surface area contributed by atoms with Crippen molar-refractivity contribution in [1.29, 1.82) is 0 Å². The number of hydrogen-bond acceptors (Lipinski definition) is 2. The van der Waals surface area contributed by atoms with Crippen molar-refractivity contribution in [3.05, 3.63) is 69.2 Å². The van der Waals surface area contributed by atoms with Gasteiger partial charge in [-0.25, -0.2) is 4.79 Å². The van der Waals surface area contributed by atoms with Crippen molar-refractivity contribution in [3.8, 4) is 0 Å². The molecule has 0 bridgehead atoms. The molecule has 0 spiro atoms. The van der Waals surface area contributed by atoms with Crippen LogP contribution >= 0.6 is 15.9 Å². The third-order valence-corrected chi connectivity index (χ3v) is 4.83. The molecular weight excluding hydrogens is 370 g/mol. The van der Waals surface area contributed by atoms with Crippen LogP contribution in [0.4, 0.5) is 0 Å². The van der Waals surface area contributed by atoms with Gasteiger partial charge in [-0.2, -0.15) is 0 Å². The normalized spacial score (nSPS) is 13.5. The number of halogens is 1. The molecule has 24 heavy (non-hydrogen) atoms. The van der Waals surface area contributed by atoms with Crippen molar-refractivity contribution in [2.45, 2.75) is 25.8 Å². The number of rotatable bonds is 4. The van der Waals surface area contributed by atoms with Gasteiger partial charge in [-0.05, 0) is 53.8 Å². The van der Waals surface area contributed by atoms with Gasteiger partial charge in [0.1, 0.15) is 0 Å². The van der Waals surface area contributed by atoms with E-state index in [2.05, 4.69) is 15.9 Å². The average molecular weight is 388 g/mol. The molecule has 4 nitrogen and oxygen atoms in total. The first kappa shape index (κ1) is 16.7. The Kier molecular flexibility index (Phi) is 5.00. The van der Waals surface area contributed by atoms with Crippen LogP contribution in [0.1, 0.15) is 33.5 Å². The zero-order valence-corrected chi connectivity index (χ0v) is 14.8. The Balaban J connectivity index is 1.65. The van der Waals surface area contributed by atoms with E-state index < -0.39 is 5.97 Å². The van der Waals surface area contributed by atoms with E-state index in [4.69, 9.17) is 5.11 Å². The molecule has 0 fully saturated rings. The van der Waals surface area contributed by atoms with E-state index in [9.17, 15) is 9.59 Å². The largest absolute Gasteiger partial charge is 0.478 e. The molecular formula is C19H18BrNO3. The topological polar surface area (TPSA) is 57.6 Å². The van der Waals surface area contributed by atoms with Crippen molar-refractivity contribution in [3.63, 3.8) is 0 Å². The minimum Gasteiger partial charge on any atom is -0.478 e. The zero-order chi connectivity index (χ0) is 17.1. The van der Waals surface area contributed by atoms with Gasteiger partial charge in [-0.15, -0.1) is 0 Å². The SMILES string of the molecule is O=C(O)c1ccc2c(c1)CN(C(=O)CCc1cccc(Br)c1)CC2. The number of carbonyl (C=O) groups is 2. The molecule has 0 aromatic heterocycles. The summed E-state index contributed by atoms with van der Waals surface area (Å²) in [6, 6.07) is 13.2. The van der Waals surface area contributed by atoms with Gasteiger partial charge in [0.15, 0.2) is 0 Å². The number of benzene rings is 2. The summed E-state index contributed by atoms with van der Waals surface area (Å²) in [6.45, 7) is 1.19. The Labute approximate surface area is 149 Å². The first-order valence-corrected chi connectivity index (χ1v) is 8.69. The van der Waals surface area contributed by atoms with Crippen LogP contribution in [-0.4, -0.2) is 28.4 Å². The Morgan fingerprint density at radius 1 is 1.12 bits per heavy atom. The molecule has 2 aromatic carbocycles. The smallest absolute Gasteiger partial charge is 0.335 e. The van der Waals surface area contributed by atoms with Crippen LogP contribution in [0.5, 0.6) is 0 Å². The van der Waals surface area contributed by atoms with E-state index >= 15 is 0 Å². The molecule has 0 aliphatic carbocycles. The molecule has 3 rings (SSSR count). The van der Waals surface area contributed by atoms with Crippen molar-refractivity contribution >= 4 is 27.8 Å². The highest BCUT2D eigenvalue weighted by molar-refractivity contribution is 9.10. The highest BCUT2D eigenvalue weighted by atomic mass is 79.9. The van der Waals surface area contributed by atoms with Crippen LogP contribution in [-0.2, 0) is 24.2 Å².